The van der Waals surface area contributed by atoms with Gasteiger partial charge in [0.15, 0.2) is 0 Å². The van der Waals surface area contributed by atoms with E-state index in [1.807, 2.05) is 13.0 Å². The Bertz CT molecular complexity index is 589. The zero-order chi connectivity index (χ0) is 13.8. The van der Waals surface area contributed by atoms with Gasteiger partial charge < -0.3 is 5.32 Å². The van der Waals surface area contributed by atoms with E-state index in [-0.39, 0.29) is 16.1 Å². The molecule has 0 spiro atoms. The van der Waals surface area contributed by atoms with Crippen LogP contribution in [0.15, 0.2) is 47.2 Å². The summed E-state index contributed by atoms with van der Waals surface area (Å²) in [5.41, 5.74) is 0.886. The van der Waals surface area contributed by atoms with Gasteiger partial charge >= 0.3 is 0 Å². The molecular formula is C14H12BrFN2O. The van der Waals surface area contributed by atoms with Crippen LogP contribution in [-0.2, 0) is 0 Å². The number of nitrogens with one attached hydrogen (secondary N) is 1. The number of aromatic nitrogens is 1. The molecule has 0 radical (unpaired) electrons. The fourth-order valence-electron chi connectivity index (χ4n) is 1.67. The number of amides is 1. The Labute approximate surface area is 119 Å². The first-order chi connectivity index (χ1) is 9.09. The van der Waals surface area contributed by atoms with Gasteiger partial charge in [-0.15, -0.1) is 0 Å². The third-order valence-electron chi connectivity index (χ3n) is 2.73. The Hall–Kier alpha value is -1.75. The molecule has 0 saturated heterocycles. The van der Waals surface area contributed by atoms with Crippen LogP contribution in [0.5, 0.6) is 0 Å². The van der Waals surface area contributed by atoms with E-state index in [0.717, 1.165) is 5.56 Å². The molecule has 1 atom stereocenters. The summed E-state index contributed by atoms with van der Waals surface area (Å²) in [7, 11) is 0. The summed E-state index contributed by atoms with van der Waals surface area (Å²) in [5, 5.41) is 2.74. The molecule has 0 bridgehead atoms. The fourth-order valence-corrected chi connectivity index (χ4v) is 2.04. The molecule has 98 valence electrons. The zero-order valence-electron chi connectivity index (χ0n) is 10.2. The maximum atomic E-state index is 13.8. The van der Waals surface area contributed by atoms with Crippen molar-refractivity contribution in [3.63, 3.8) is 0 Å². The van der Waals surface area contributed by atoms with Crippen LogP contribution in [-0.4, -0.2) is 10.9 Å². The Morgan fingerprint density at radius 1 is 1.37 bits per heavy atom. The van der Waals surface area contributed by atoms with Crippen LogP contribution >= 0.6 is 15.9 Å². The Balaban J connectivity index is 2.16. The van der Waals surface area contributed by atoms with Gasteiger partial charge in [0.25, 0.3) is 5.91 Å². The molecule has 5 heteroatoms. The first-order valence-electron chi connectivity index (χ1n) is 5.74. The van der Waals surface area contributed by atoms with Crippen molar-refractivity contribution >= 4 is 21.8 Å². The number of benzene rings is 1. The molecule has 1 aromatic carbocycles. The minimum Gasteiger partial charge on any atom is -0.345 e. The van der Waals surface area contributed by atoms with E-state index in [2.05, 4.69) is 26.2 Å². The summed E-state index contributed by atoms with van der Waals surface area (Å²) < 4.78 is 14.1. The van der Waals surface area contributed by atoms with Gasteiger partial charge in [-0.05, 0) is 46.6 Å². The maximum absolute atomic E-state index is 13.8. The van der Waals surface area contributed by atoms with Crippen LogP contribution in [0.1, 0.15) is 28.9 Å². The van der Waals surface area contributed by atoms with Crippen molar-refractivity contribution in [1.82, 2.24) is 10.3 Å². The number of carbonyl (C=O) groups excluding carboxylic acids is 1. The highest BCUT2D eigenvalue weighted by Crippen LogP contribution is 2.19. The van der Waals surface area contributed by atoms with Crippen molar-refractivity contribution in [3.8, 4) is 0 Å². The Morgan fingerprint density at radius 3 is 2.84 bits per heavy atom. The molecular weight excluding hydrogens is 311 g/mol. The van der Waals surface area contributed by atoms with Crippen molar-refractivity contribution in [2.24, 2.45) is 0 Å². The third kappa shape index (κ3) is 3.17. The van der Waals surface area contributed by atoms with Crippen LogP contribution in [0.4, 0.5) is 4.39 Å². The molecule has 0 aliphatic heterocycles. The summed E-state index contributed by atoms with van der Waals surface area (Å²) >= 11 is 3.06. The van der Waals surface area contributed by atoms with Gasteiger partial charge in [0, 0.05) is 12.4 Å². The average Bonchev–Trinajstić information content (AvgIpc) is 2.42. The standard InChI is InChI=1S/C14H12BrFN2O/c1-9(10-4-3-7-17-8-10)18-14(19)11-5-2-6-12(15)13(11)16/h2-9H,1H3,(H,18,19). The predicted octanol–water partition coefficient (Wildman–Crippen LogP) is 3.47. The summed E-state index contributed by atoms with van der Waals surface area (Å²) in [5.74, 6) is -1.01. The molecule has 2 aromatic rings. The minimum atomic E-state index is -0.557. The lowest BCUT2D eigenvalue weighted by Crippen LogP contribution is -2.27. The quantitative estimate of drug-likeness (QED) is 0.940. The average molecular weight is 323 g/mol. The van der Waals surface area contributed by atoms with Crippen molar-refractivity contribution in [3.05, 3.63) is 64.1 Å². The highest BCUT2D eigenvalue weighted by Gasteiger charge is 2.16. The fraction of sp³-hybridized carbons (Fsp3) is 0.143. The molecule has 0 fully saturated rings. The highest BCUT2D eigenvalue weighted by molar-refractivity contribution is 9.10. The van der Waals surface area contributed by atoms with E-state index in [9.17, 15) is 9.18 Å². The summed E-state index contributed by atoms with van der Waals surface area (Å²) in [6.07, 6.45) is 3.33. The second kappa shape index (κ2) is 5.93. The number of hydrogen-bond acceptors (Lipinski definition) is 2. The number of halogens is 2. The van der Waals surface area contributed by atoms with Gasteiger partial charge in [0.2, 0.25) is 0 Å². The number of carbonyl (C=O) groups is 1. The van der Waals surface area contributed by atoms with Crippen LogP contribution in [0, 0.1) is 5.82 Å². The van der Waals surface area contributed by atoms with Gasteiger partial charge in [0.05, 0.1) is 16.1 Å². The molecule has 1 heterocycles. The van der Waals surface area contributed by atoms with Gasteiger partial charge in [-0.2, -0.15) is 0 Å². The summed E-state index contributed by atoms with van der Waals surface area (Å²) in [4.78, 5) is 16.0. The van der Waals surface area contributed by atoms with Gasteiger partial charge in [-0.3, -0.25) is 9.78 Å². The Morgan fingerprint density at radius 2 is 2.16 bits per heavy atom. The predicted molar refractivity (Wildman–Crippen MR) is 74.2 cm³/mol. The topological polar surface area (TPSA) is 42.0 Å². The first-order valence-corrected chi connectivity index (χ1v) is 6.53. The van der Waals surface area contributed by atoms with E-state index in [0.29, 0.717) is 0 Å². The summed E-state index contributed by atoms with van der Waals surface area (Å²) in [6, 6.07) is 8.03. The summed E-state index contributed by atoms with van der Waals surface area (Å²) in [6.45, 7) is 1.82. The second-order valence-electron chi connectivity index (χ2n) is 4.08. The number of rotatable bonds is 3. The van der Waals surface area contributed by atoms with E-state index in [1.54, 1.807) is 30.6 Å². The molecule has 3 nitrogen and oxygen atoms in total. The monoisotopic (exact) mass is 322 g/mol. The SMILES string of the molecule is CC(NC(=O)c1cccc(Br)c1F)c1cccnc1. The molecule has 1 aromatic heterocycles. The molecule has 0 aliphatic carbocycles. The van der Waals surface area contributed by atoms with Gasteiger partial charge in [-0.25, -0.2) is 4.39 Å². The normalized spacial score (nSPS) is 11.9. The third-order valence-corrected chi connectivity index (χ3v) is 3.34. The number of hydrogen-bond donors (Lipinski definition) is 1. The van der Waals surface area contributed by atoms with E-state index >= 15 is 0 Å². The Kier molecular flexibility index (Phi) is 4.27. The smallest absolute Gasteiger partial charge is 0.254 e. The minimum absolute atomic E-state index is 0.0186. The lowest BCUT2D eigenvalue weighted by atomic mass is 10.1. The van der Waals surface area contributed by atoms with Crippen molar-refractivity contribution in [2.75, 3.05) is 0 Å². The molecule has 2 rings (SSSR count). The van der Waals surface area contributed by atoms with Crippen LogP contribution < -0.4 is 5.32 Å². The maximum Gasteiger partial charge on any atom is 0.254 e. The molecule has 0 saturated carbocycles. The molecule has 19 heavy (non-hydrogen) atoms. The van der Waals surface area contributed by atoms with E-state index < -0.39 is 11.7 Å². The first kappa shape index (κ1) is 13.7. The molecule has 1 N–H and O–H groups in total. The zero-order valence-corrected chi connectivity index (χ0v) is 11.8. The van der Waals surface area contributed by atoms with Gasteiger partial charge in [0.1, 0.15) is 5.82 Å². The molecule has 1 unspecified atom stereocenters. The lowest BCUT2D eigenvalue weighted by Gasteiger charge is -2.14. The van der Waals surface area contributed by atoms with E-state index in [1.165, 1.54) is 6.07 Å². The lowest BCUT2D eigenvalue weighted by molar-refractivity contribution is 0.0935. The molecule has 0 aliphatic rings. The van der Waals surface area contributed by atoms with Crippen LogP contribution in [0.2, 0.25) is 0 Å². The highest BCUT2D eigenvalue weighted by atomic mass is 79.9. The number of nitrogens with zero attached hydrogens (tertiary/aromatic N) is 1. The van der Waals surface area contributed by atoms with Gasteiger partial charge in [-0.1, -0.05) is 12.1 Å². The van der Waals surface area contributed by atoms with E-state index in [4.69, 9.17) is 0 Å². The largest absolute Gasteiger partial charge is 0.345 e. The van der Waals surface area contributed by atoms with Crippen molar-refractivity contribution in [1.29, 1.82) is 0 Å². The molecule has 1 amide bonds. The second-order valence-corrected chi connectivity index (χ2v) is 4.94. The van der Waals surface area contributed by atoms with Crippen molar-refractivity contribution in [2.45, 2.75) is 13.0 Å². The number of pyridine rings is 1. The van der Waals surface area contributed by atoms with Crippen molar-refractivity contribution < 1.29 is 9.18 Å². The van der Waals surface area contributed by atoms with Crippen LogP contribution in [0.3, 0.4) is 0 Å². The van der Waals surface area contributed by atoms with Crippen LogP contribution in [0.25, 0.3) is 0 Å².